The van der Waals surface area contributed by atoms with Crippen LogP contribution in [-0.2, 0) is 6.54 Å². The van der Waals surface area contributed by atoms with Crippen molar-refractivity contribution in [1.82, 2.24) is 10.2 Å². The summed E-state index contributed by atoms with van der Waals surface area (Å²) in [5.41, 5.74) is 1.76. The average Bonchev–Trinajstić information content (AvgIpc) is 3.08. The van der Waals surface area contributed by atoms with Crippen LogP contribution < -0.4 is 10.1 Å². The molecule has 5 nitrogen and oxygen atoms in total. The molecule has 2 aromatic carbocycles. The molecule has 3 rings (SSSR count). The molecule has 1 fully saturated rings. The molecule has 0 saturated carbocycles. The second-order valence-electron chi connectivity index (χ2n) is 6.50. The zero-order valence-electron chi connectivity index (χ0n) is 14.4. The molecular formula is C20H24N2O3. The van der Waals surface area contributed by atoms with E-state index in [0.29, 0.717) is 18.0 Å². The largest absolute Gasteiger partial charge is 0.508 e. The van der Waals surface area contributed by atoms with Crippen molar-refractivity contribution in [1.29, 1.82) is 0 Å². The number of phenolic OH excluding ortho intramolecular Hbond substituents is 1. The Hall–Kier alpha value is -2.53. The first-order valence-corrected chi connectivity index (χ1v) is 8.56. The number of nitrogens with one attached hydrogen (secondary N) is 1. The normalized spacial score (nSPS) is 17.4. The summed E-state index contributed by atoms with van der Waals surface area (Å²) in [5.74, 6) is 1.31. The molecule has 0 bridgehead atoms. The number of hydrogen-bond donors (Lipinski definition) is 2. The van der Waals surface area contributed by atoms with Crippen LogP contribution in [0.1, 0.15) is 22.3 Å². The number of amides is 1. The summed E-state index contributed by atoms with van der Waals surface area (Å²) >= 11 is 0. The highest BCUT2D eigenvalue weighted by Gasteiger charge is 2.23. The number of ether oxygens (including phenoxy) is 1. The van der Waals surface area contributed by atoms with Gasteiger partial charge in [-0.15, -0.1) is 0 Å². The van der Waals surface area contributed by atoms with Gasteiger partial charge in [-0.1, -0.05) is 18.2 Å². The van der Waals surface area contributed by atoms with E-state index in [1.165, 1.54) is 11.6 Å². The van der Waals surface area contributed by atoms with E-state index in [-0.39, 0.29) is 11.7 Å². The first-order valence-electron chi connectivity index (χ1n) is 8.56. The van der Waals surface area contributed by atoms with Crippen LogP contribution in [-0.4, -0.2) is 42.7 Å². The third-order valence-electron chi connectivity index (χ3n) is 4.59. The average molecular weight is 340 g/mol. The third-order valence-corrected chi connectivity index (χ3v) is 4.59. The molecule has 132 valence electrons. The summed E-state index contributed by atoms with van der Waals surface area (Å²) < 4.78 is 5.18. The molecule has 0 radical (unpaired) electrons. The van der Waals surface area contributed by atoms with Gasteiger partial charge in [-0.2, -0.15) is 0 Å². The predicted molar refractivity (Wildman–Crippen MR) is 96.8 cm³/mol. The Kier molecular flexibility index (Phi) is 5.56. The molecule has 1 aliphatic heterocycles. The number of hydrogen-bond acceptors (Lipinski definition) is 4. The van der Waals surface area contributed by atoms with Gasteiger partial charge >= 0.3 is 0 Å². The molecule has 1 saturated heterocycles. The number of phenols is 1. The summed E-state index contributed by atoms with van der Waals surface area (Å²) in [5, 5.41) is 12.4. The molecule has 0 aliphatic carbocycles. The molecule has 0 spiro atoms. The molecule has 25 heavy (non-hydrogen) atoms. The Morgan fingerprint density at radius 3 is 2.80 bits per heavy atom. The Morgan fingerprint density at radius 2 is 2.08 bits per heavy atom. The number of benzene rings is 2. The van der Waals surface area contributed by atoms with E-state index >= 15 is 0 Å². The number of rotatable bonds is 6. The lowest BCUT2D eigenvalue weighted by Crippen LogP contribution is -2.30. The maximum absolute atomic E-state index is 12.1. The van der Waals surface area contributed by atoms with E-state index in [4.69, 9.17) is 4.74 Å². The molecule has 2 N–H and O–H groups in total. The van der Waals surface area contributed by atoms with Crippen LogP contribution in [0, 0.1) is 5.92 Å². The predicted octanol–water partition coefficient (Wildman–Crippen LogP) is 2.65. The lowest BCUT2D eigenvalue weighted by molar-refractivity contribution is 0.0947. The number of nitrogens with zero attached hydrogens (tertiary/aromatic N) is 1. The molecule has 1 atom stereocenters. The minimum Gasteiger partial charge on any atom is -0.508 e. The van der Waals surface area contributed by atoms with Crippen LogP contribution >= 0.6 is 0 Å². The number of carbonyl (C=O) groups excluding carboxylic acids is 1. The van der Waals surface area contributed by atoms with Gasteiger partial charge in [-0.3, -0.25) is 9.69 Å². The van der Waals surface area contributed by atoms with Crippen molar-refractivity contribution < 1.29 is 14.6 Å². The second kappa shape index (κ2) is 8.03. The highest BCUT2D eigenvalue weighted by atomic mass is 16.5. The van der Waals surface area contributed by atoms with Gasteiger partial charge in [0.1, 0.15) is 11.5 Å². The van der Waals surface area contributed by atoms with Gasteiger partial charge in [0.2, 0.25) is 0 Å². The summed E-state index contributed by atoms with van der Waals surface area (Å²) in [7, 11) is 1.67. The molecule has 1 amide bonds. The monoisotopic (exact) mass is 340 g/mol. The van der Waals surface area contributed by atoms with Crippen LogP contribution in [0.25, 0.3) is 0 Å². The SMILES string of the molecule is COc1ccc(CN2CC[C@H](CNC(=O)c3cccc(O)c3)C2)cc1. The van der Waals surface area contributed by atoms with Gasteiger partial charge in [0.15, 0.2) is 0 Å². The lowest BCUT2D eigenvalue weighted by Gasteiger charge is -2.16. The van der Waals surface area contributed by atoms with Crippen molar-refractivity contribution in [2.24, 2.45) is 5.92 Å². The van der Waals surface area contributed by atoms with E-state index in [9.17, 15) is 9.90 Å². The molecular weight excluding hydrogens is 316 g/mol. The minimum atomic E-state index is -0.135. The minimum absolute atomic E-state index is 0.110. The highest BCUT2D eigenvalue weighted by Crippen LogP contribution is 2.20. The molecule has 1 aliphatic rings. The van der Waals surface area contributed by atoms with Crippen LogP contribution in [0.2, 0.25) is 0 Å². The fourth-order valence-electron chi connectivity index (χ4n) is 3.20. The van der Waals surface area contributed by atoms with Gasteiger partial charge < -0.3 is 15.2 Å². The molecule has 2 aromatic rings. The Balaban J connectivity index is 1.45. The van der Waals surface area contributed by atoms with Crippen molar-refractivity contribution in [2.75, 3.05) is 26.7 Å². The fourth-order valence-corrected chi connectivity index (χ4v) is 3.20. The Labute approximate surface area is 148 Å². The lowest BCUT2D eigenvalue weighted by atomic mass is 10.1. The third kappa shape index (κ3) is 4.73. The van der Waals surface area contributed by atoms with Gasteiger partial charge in [0.25, 0.3) is 5.91 Å². The summed E-state index contributed by atoms with van der Waals surface area (Å²) in [6.45, 7) is 3.60. The van der Waals surface area contributed by atoms with Crippen molar-refractivity contribution >= 4 is 5.91 Å². The number of aromatic hydroxyl groups is 1. The summed E-state index contributed by atoms with van der Waals surface area (Å²) in [6.07, 6.45) is 1.08. The van der Waals surface area contributed by atoms with Crippen molar-refractivity contribution in [2.45, 2.75) is 13.0 Å². The van der Waals surface area contributed by atoms with E-state index < -0.39 is 0 Å². The summed E-state index contributed by atoms with van der Waals surface area (Å²) in [4.78, 5) is 14.5. The van der Waals surface area contributed by atoms with Crippen LogP contribution in [0.15, 0.2) is 48.5 Å². The van der Waals surface area contributed by atoms with Crippen molar-refractivity contribution in [3.05, 3.63) is 59.7 Å². The van der Waals surface area contributed by atoms with Crippen LogP contribution in [0.3, 0.4) is 0 Å². The van der Waals surface area contributed by atoms with Crippen LogP contribution in [0.5, 0.6) is 11.5 Å². The standard InChI is InChI=1S/C20H24N2O3/c1-25-19-7-5-15(6-8-19)13-22-10-9-16(14-22)12-21-20(24)17-3-2-4-18(23)11-17/h2-8,11,16,23H,9-10,12-14H2,1H3,(H,21,24)/t16-/m1/s1. The first-order chi connectivity index (χ1) is 12.1. The summed E-state index contributed by atoms with van der Waals surface area (Å²) in [6, 6.07) is 14.6. The Bertz CT molecular complexity index is 715. The van der Waals surface area contributed by atoms with E-state index in [0.717, 1.165) is 31.8 Å². The van der Waals surface area contributed by atoms with Gasteiger partial charge in [0, 0.05) is 25.2 Å². The van der Waals surface area contributed by atoms with Crippen molar-refractivity contribution in [3.8, 4) is 11.5 Å². The van der Waals surface area contributed by atoms with E-state index in [1.54, 1.807) is 25.3 Å². The van der Waals surface area contributed by atoms with Gasteiger partial charge in [-0.05, 0) is 54.8 Å². The van der Waals surface area contributed by atoms with E-state index in [2.05, 4.69) is 22.3 Å². The maximum atomic E-state index is 12.1. The topological polar surface area (TPSA) is 61.8 Å². The Morgan fingerprint density at radius 1 is 1.28 bits per heavy atom. The van der Waals surface area contributed by atoms with Crippen molar-refractivity contribution in [3.63, 3.8) is 0 Å². The molecule has 0 unspecified atom stereocenters. The maximum Gasteiger partial charge on any atom is 0.251 e. The second-order valence-corrected chi connectivity index (χ2v) is 6.50. The highest BCUT2D eigenvalue weighted by molar-refractivity contribution is 5.94. The number of carbonyl (C=O) groups is 1. The smallest absolute Gasteiger partial charge is 0.251 e. The number of methoxy groups -OCH3 is 1. The van der Waals surface area contributed by atoms with Gasteiger partial charge in [-0.25, -0.2) is 0 Å². The van der Waals surface area contributed by atoms with Crippen LogP contribution in [0.4, 0.5) is 0 Å². The fraction of sp³-hybridized carbons (Fsp3) is 0.350. The quantitative estimate of drug-likeness (QED) is 0.849. The number of likely N-dealkylation sites (tertiary alicyclic amines) is 1. The van der Waals surface area contributed by atoms with Gasteiger partial charge in [0.05, 0.1) is 7.11 Å². The van der Waals surface area contributed by atoms with E-state index in [1.807, 2.05) is 12.1 Å². The zero-order chi connectivity index (χ0) is 17.6. The molecule has 1 heterocycles. The molecule has 0 aromatic heterocycles. The zero-order valence-corrected chi connectivity index (χ0v) is 14.4. The first kappa shape index (κ1) is 17.3. The molecule has 5 heteroatoms.